The minimum absolute atomic E-state index is 0.388. The van der Waals surface area contributed by atoms with Crippen LogP contribution in [0.1, 0.15) is 39.5 Å². The number of hydrogen-bond acceptors (Lipinski definition) is 3. The van der Waals surface area contributed by atoms with E-state index in [0.717, 1.165) is 31.3 Å². The fourth-order valence-corrected chi connectivity index (χ4v) is 3.44. The second kappa shape index (κ2) is 5.48. The smallest absolute Gasteiger partial charge is 0.0673 e. The van der Waals surface area contributed by atoms with Crippen molar-refractivity contribution < 1.29 is 4.74 Å². The van der Waals surface area contributed by atoms with Crippen molar-refractivity contribution in [3.63, 3.8) is 0 Å². The van der Waals surface area contributed by atoms with Crippen LogP contribution in [0.4, 0.5) is 0 Å². The number of nitrogens with one attached hydrogen (secondary N) is 1. The SMILES string of the molecule is CCOC(C)CN1C2CCC1CC(NC)C2. The topological polar surface area (TPSA) is 24.5 Å². The highest BCUT2D eigenvalue weighted by Gasteiger charge is 2.40. The molecule has 0 radical (unpaired) electrons. The Bertz CT molecular complexity index is 208. The predicted molar refractivity (Wildman–Crippen MR) is 66.7 cm³/mol. The molecule has 2 aliphatic rings. The Labute approximate surface area is 99.5 Å². The lowest BCUT2D eigenvalue weighted by Gasteiger charge is -2.40. The highest BCUT2D eigenvalue weighted by Crippen LogP contribution is 2.35. The van der Waals surface area contributed by atoms with E-state index >= 15 is 0 Å². The fourth-order valence-electron chi connectivity index (χ4n) is 3.44. The van der Waals surface area contributed by atoms with Gasteiger partial charge in [0.2, 0.25) is 0 Å². The largest absolute Gasteiger partial charge is 0.377 e. The van der Waals surface area contributed by atoms with Crippen molar-refractivity contribution in [1.29, 1.82) is 0 Å². The van der Waals surface area contributed by atoms with Crippen molar-refractivity contribution in [2.45, 2.75) is 63.8 Å². The van der Waals surface area contributed by atoms with Crippen LogP contribution in [-0.4, -0.2) is 49.3 Å². The van der Waals surface area contributed by atoms with E-state index in [1.165, 1.54) is 25.7 Å². The molecule has 2 bridgehead atoms. The molecule has 3 heteroatoms. The number of hydrogen-bond donors (Lipinski definition) is 1. The van der Waals surface area contributed by atoms with Gasteiger partial charge in [-0.1, -0.05) is 0 Å². The van der Waals surface area contributed by atoms with Crippen LogP contribution in [0, 0.1) is 0 Å². The van der Waals surface area contributed by atoms with Crippen molar-refractivity contribution in [1.82, 2.24) is 10.2 Å². The zero-order valence-corrected chi connectivity index (χ0v) is 10.9. The van der Waals surface area contributed by atoms with Gasteiger partial charge in [0.1, 0.15) is 0 Å². The Morgan fingerprint density at radius 1 is 1.31 bits per heavy atom. The minimum atomic E-state index is 0.388. The Hall–Kier alpha value is -0.120. The van der Waals surface area contributed by atoms with Gasteiger partial charge in [-0.25, -0.2) is 0 Å². The lowest BCUT2D eigenvalue weighted by Crippen LogP contribution is -2.50. The third kappa shape index (κ3) is 2.58. The number of piperidine rings is 1. The van der Waals surface area contributed by atoms with Gasteiger partial charge < -0.3 is 10.1 Å². The number of nitrogens with zero attached hydrogens (tertiary/aromatic N) is 1. The van der Waals surface area contributed by atoms with E-state index in [1.54, 1.807) is 0 Å². The standard InChI is InChI=1S/C13H26N2O/c1-4-16-10(2)9-15-12-5-6-13(15)8-11(7-12)14-3/h10-14H,4-9H2,1-3H3. The summed E-state index contributed by atoms with van der Waals surface area (Å²) in [6, 6.07) is 2.36. The summed E-state index contributed by atoms with van der Waals surface area (Å²) in [7, 11) is 2.10. The van der Waals surface area contributed by atoms with Crippen molar-refractivity contribution >= 4 is 0 Å². The molecule has 2 heterocycles. The zero-order chi connectivity index (χ0) is 11.5. The first-order valence-corrected chi connectivity index (χ1v) is 6.79. The summed E-state index contributed by atoms with van der Waals surface area (Å²) in [6.07, 6.45) is 5.82. The molecular weight excluding hydrogens is 200 g/mol. The zero-order valence-electron chi connectivity index (χ0n) is 10.9. The van der Waals surface area contributed by atoms with E-state index in [2.05, 4.69) is 31.1 Å². The Balaban J connectivity index is 1.88. The molecule has 2 saturated heterocycles. The van der Waals surface area contributed by atoms with Crippen LogP contribution in [-0.2, 0) is 4.74 Å². The molecule has 0 spiro atoms. The van der Waals surface area contributed by atoms with Crippen LogP contribution in [0.15, 0.2) is 0 Å². The molecule has 1 N–H and O–H groups in total. The van der Waals surface area contributed by atoms with E-state index in [4.69, 9.17) is 4.74 Å². The third-order valence-corrected chi connectivity index (χ3v) is 4.21. The summed E-state index contributed by atoms with van der Waals surface area (Å²) in [4.78, 5) is 2.70. The van der Waals surface area contributed by atoms with Gasteiger partial charge in [-0.05, 0) is 46.6 Å². The Morgan fingerprint density at radius 2 is 1.94 bits per heavy atom. The van der Waals surface area contributed by atoms with Crippen LogP contribution < -0.4 is 5.32 Å². The summed E-state index contributed by atoms with van der Waals surface area (Å²) in [5.41, 5.74) is 0. The average Bonchev–Trinajstić information content (AvgIpc) is 2.52. The summed E-state index contributed by atoms with van der Waals surface area (Å²) in [5, 5.41) is 3.45. The van der Waals surface area contributed by atoms with Gasteiger partial charge in [0.15, 0.2) is 0 Å². The van der Waals surface area contributed by atoms with Crippen molar-refractivity contribution in [3.8, 4) is 0 Å². The molecule has 2 fully saturated rings. The van der Waals surface area contributed by atoms with Gasteiger partial charge >= 0.3 is 0 Å². The van der Waals surface area contributed by atoms with E-state index in [1.807, 2.05) is 0 Å². The molecule has 0 aromatic heterocycles. The van der Waals surface area contributed by atoms with E-state index in [0.29, 0.717) is 6.10 Å². The van der Waals surface area contributed by atoms with Crippen LogP contribution in [0.2, 0.25) is 0 Å². The highest BCUT2D eigenvalue weighted by atomic mass is 16.5. The van der Waals surface area contributed by atoms with Crippen molar-refractivity contribution in [2.24, 2.45) is 0 Å². The maximum atomic E-state index is 5.66. The number of rotatable bonds is 5. The summed E-state index contributed by atoms with van der Waals surface area (Å²) >= 11 is 0. The van der Waals surface area contributed by atoms with E-state index < -0.39 is 0 Å². The van der Waals surface area contributed by atoms with E-state index in [9.17, 15) is 0 Å². The maximum Gasteiger partial charge on any atom is 0.0673 e. The molecule has 0 amide bonds. The Kier molecular flexibility index (Phi) is 4.22. The molecule has 3 unspecified atom stereocenters. The molecule has 94 valence electrons. The van der Waals surface area contributed by atoms with Gasteiger partial charge in [-0.2, -0.15) is 0 Å². The van der Waals surface area contributed by atoms with Gasteiger partial charge in [0.25, 0.3) is 0 Å². The first-order chi connectivity index (χ1) is 7.74. The quantitative estimate of drug-likeness (QED) is 0.771. The van der Waals surface area contributed by atoms with Crippen LogP contribution >= 0.6 is 0 Å². The molecular formula is C13H26N2O. The summed E-state index contributed by atoms with van der Waals surface area (Å²) in [5.74, 6) is 0. The molecule has 0 saturated carbocycles. The lowest BCUT2D eigenvalue weighted by atomic mass is 9.97. The maximum absolute atomic E-state index is 5.66. The minimum Gasteiger partial charge on any atom is -0.377 e. The second-order valence-electron chi connectivity index (χ2n) is 5.30. The second-order valence-corrected chi connectivity index (χ2v) is 5.30. The van der Waals surface area contributed by atoms with Gasteiger partial charge in [0, 0.05) is 31.3 Å². The van der Waals surface area contributed by atoms with Crippen LogP contribution in [0.5, 0.6) is 0 Å². The first-order valence-electron chi connectivity index (χ1n) is 6.79. The molecule has 16 heavy (non-hydrogen) atoms. The molecule has 0 aromatic carbocycles. The number of ether oxygens (including phenoxy) is 1. The molecule has 0 aromatic rings. The molecule has 2 rings (SSSR count). The normalized spacial score (nSPS) is 36.6. The summed E-state index contributed by atoms with van der Waals surface area (Å²) in [6.45, 7) is 6.24. The lowest BCUT2D eigenvalue weighted by molar-refractivity contribution is 0.0160. The van der Waals surface area contributed by atoms with Crippen molar-refractivity contribution in [3.05, 3.63) is 0 Å². The predicted octanol–water partition coefficient (Wildman–Crippen LogP) is 1.63. The van der Waals surface area contributed by atoms with Gasteiger partial charge in [-0.15, -0.1) is 0 Å². The molecule has 0 aliphatic carbocycles. The monoisotopic (exact) mass is 226 g/mol. The third-order valence-electron chi connectivity index (χ3n) is 4.21. The van der Waals surface area contributed by atoms with E-state index in [-0.39, 0.29) is 0 Å². The molecule has 2 aliphatic heterocycles. The first kappa shape index (κ1) is 12.3. The fraction of sp³-hybridized carbons (Fsp3) is 1.00. The number of fused-ring (bicyclic) bond motifs is 2. The highest BCUT2D eigenvalue weighted by molar-refractivity contribution is 4.97. The van der Waals surface area contributed by atoms with Crippen LogP contribution in [0.25, 0.3) is 0 Å². The van der Waals surface area contributed by atoms with Crippen LogP contribution in [0.3, 0.4) is 0 Å². The molecule has 3 atom stereocenters. The van der Waals surface area contributed by atoms with Gasteiger partial charge in [-0.3, -0.25) is 4.90 Å². The average molecular weight is 226 g/mol. The summed E-state index contributed by atoms with van der Waals surface area (Å²) < 4.78 is 5.66. The van der Waals surface area contributed by atoms with Gasteiger partial charge in [0.05, 0.1) is 6.10 Å². The Morgan fingerprint density at radius 3 is 2.44 bits per heavy atom. The van der Waals surface area contributed by atoms with Crippen molar-refractivity contribution in [2.75, 3.05) is 20.2 Å². The molecule has 3 nitrogen and oxygen atoms in total.